The highest BCUT2D eigenvalue weighted by molar-refractivity contribution is 4.65. The second-order valence-electron chi connectivity index (χ2n) is 4.58. The average Bonchev–Trinajstić information content (AvgIpc) is 1.96. The van der Waals surface area contributed by atoms with Crippen molar-refractivity contribution in [1.82, 2.24) is 0 Å². The van der Waals surface area contributed by atoms with Gasteiger partial charge in [-0.05, 0) is 31.6 Å². The molecule has 1 atom stereocenters. The summed E-state index contributed by atoms with van der Waals surface area (Å²) in [6.45, 7) is 12.0. The van der Waals surface area contributed by atoms with Gasteiger partial charge in [0.1, 0.15) is 0 Å². The first kappa shape index (κ1) is 12.0. The third-order valence-corrected chi connectivity index (χ3v) is 2.07. The van der Waals surface area contributed by atoms with E-state index in [1.165, 1.54) is 12.8 Å². The maximum absolute atomic E-state index is 5.59. The van der Waals surface area contributed by atoms with Crippen LogP contribution < -0.4 is 0 Å². The summed E-state index contributed by atoms with van der Waals surface area (Å²) in [5.74, 6) is 0. The minimum Gasteiger partial charge on any atom is -0.379 e. The van der Waals surface area contributed by atoms with E-state index in [0.29, 0.717) is 11.5 Å². The second-order valence-corrected chi connectivity index (χ2v) is 4.58. The Morgan fingerprint density at radius 2 is 1.75 bits per heavy atom. The van der Waals surface area contributed by atoms with Crippen LogP contribution in [0.5, 0.6) is 0 Å². The Kier molecular flexibility index (Phi) is 5.56. The van der Waals surface area contributed by atoms with E-state index in [0.717, 1.165) is 13.0 Å². The molecule has 74 valence electrons. The predicted octanol–water partition coefficient (Wildman–Crippen LogP) is 3.63. The minimum atomic E-state index is 0.449. The maximum Gasteiger partial charge on any atom is 0.0572 e. The molecule has 0 aromatic rings. The Balaban J connectivity index is 3.58. The molecule has 0 fully saturated rings. The maximum atomic E-state index is 5.59. The quantitative estimate of drug-likeness (QED) is 0.615. The van der Waals surface area contributed by atoms with E-state index in [2.05, 4.69) is 34.6 Å². The van der Waals surface area contributed by atoms with Crippen LogP contribution in [0.3, 0.4) is 0 Å². The first-order valence-electron chi connectivity index (χ1n) is 5.11. The highest BCUT2D eigenvalue weighted by Gasteiger charge is 2.13. The fourth-order valence-electron chi connectivity index (χ4n) is 1.24. The minimum absolute atomic E-state index is 0.449. The van der Waals surface area contributed by atoms with Gasteiger partial charge in [0.05, 0.1) is 6.10 Å². The molecule has 0 saturated heterocycles. The molecular formula is C11H24O. The Hall–Kier alpha value is -0.0400. The molecule has 12 heavy (non-hydrogen) atoms. The first-order chi connectivity index (χ1) is 5.49. The summed E-state index contributed by atoms with van der Waals surface area (Å²) < 4.78 is 5.59. The molecule has 0 aromatic carbocycles. The fraction of sp³-hybridized carbons (Fsp3) is 1.00. The topological polar surface area (TPSA) is 9.23 Å². The van der Waals surface area contributed by atoms with Gasteiger partial charge in [0, 0.05) is 6.61 Å². The lowest BCUT2D eigenvalue weighted by Gasteiger charge is -2.22. The fourth-order valence-corrected chi connectivity index (χ4v) is 1.24. The molecule has 0 heterocycles. The SMILES string of the molecule is CCOC(CC)CCC(C)(C)C. The van der Waals surface area contributed by atoms with Crippen molar-refractivity contribution in [1.29, 1.82) is 0 Å². The van der Waals surface area contributed by atoms with Crippen molar-refractivity contribution in [2.45, 2.75) is 60.0 Å². The van der Waals surface area contributed by atoms with Crippen LogP contribution in [0, 0.1) is 5.41 Å². The summed E-state index contributed by atoms with van der Waals surface area (Å²) in [6, 6.07) is 0. The third kappa shape index (κ3) is 6.66. The van der Waals surface area contributed by atoms with Crippen molar-refractivity contribution < 1.29 is 4.74 Å². The van der Waals surface area contributed by atoms with Gasteiger partial charge >= 0.3 is 0 Å². The van der Waals surface area contributed by atoms with Crippen LogP contribution in [-0.2, 0) is 4.74 Å². The first-order valence-corrected chi connectivity index (χ1v) is 5.11. The molecular weight excluding hydrogens is 148 g/mol. The van der Waals surface area contributed by atoms with Gasteiger partial charge in [-0.2, -0.15) is 0 Å². The smallest absolute Gasteiger partial charge is 0.0572 e. The van der Waals surface area contributed by atoms with Crippen LogP contribution in [-0.4, -0.2) is 12.7 Å². The summed E-state index contributed by atoms with van der Waals surface area (Å²) in [7, 11) is 0. The standard InChI is InChI=1S/C11H24O/c1-6-10(12-7-2)8-9-11(3,4)5/h10H,6-9H2,1-5H3. The summed E-state index contributed by atoms with van der Waals surface area (Å²) in [5, 5.41) is 0. The van der Waals surface area contributed by atoms with Crippen molar-refractivity contribution in [3.63, 3.8) is 0 Å². The predicted molar refractivity (Wildman–Crippen MR) is 54.4 cm³/mol. The molecule has 0 N–H and O–H groups in total. The highest BCUT2D eigenvalue weighted by atomic mass is 16.5. The van der Waals surface area contributed by atoms with Crippen LogP contribution in [0.25, 0.3) is 0 Å². The van der Waals surface area contributed by atoms with Gasteiger partial charge in [-0.3, -0.25) is 0 Å². The number of ether oxygens (including phenoxy) is 1. The third-order valence-electron chi connectivity index (χ3n) is 2.07. The van der Waals surface area contributed by atoms with Gasteiger partial charge in [0.15, 0.2) is 0 Å². The van der Waals surface area contributed by atoms with Gasteiger partial charge in [-0.25, -0.2) is 0 Å². The molecule has 0 amide bonds. The van der Waals surface area contributed by atoms with E-state index in [1.807, 2.05) is 0 Å². The van der Waals surface area contributed by atoms with E-state index in [1.54, 1.807) is 0 Å². The molecule has 0 spiro atoms. The second kappa shape index (κ2) is 5.58. The van der Waals surface area contributed by atoms with Gasteiger partial charge in [0.25, 0.3) is 0 Å². The lowest BCUT2D eigenvalue weighted by Crippen LogP contribution is -2.15. The molecule has 1 heteroatoms. The molecule has 0 bridgehead atoms. The van der Waals surface area contributed by atoms with Gasteiger partial charge in [-0.15, -0.1) is 0 Å². The zero-order chi connectivity index (χ0) is 9.61. The molecule has 1 nitrogen and oxygen atoms in total. The molecule has 0 aliphatic carbocycles. The number of hydrogen-bond donors (Lipinski definition) is 0. The van der Waals surface area contributed by atoms with Crippen molar-refractivity contribution >= 4 is 0 Å². The van der Waals surface area contributed by atoms with E-state index in [-0.39, 0.29) is 0 Å². The van der Waals surface area contributed by atoms with Crippen molar-refractivity contribution in [2.75, 3.05) is 6.61 Å². The lowest BCUT2D eigenvalue weighted by atomic mass is 9.89. The summed E-state index contributed by atoms with van der Waals surface area (Å²) in [4.78, 5) is 0. The molecule has 1 unspecified atom stereocenters. The number of hydrogen-bond acceptors (Lipinski definition) is 1. The van der Waals surface area contributed by atoms with Crippen LogP contribution >= 0.6 is 0 Å². The Labute approximate surface area is 77.5 Å². The van der Waals surface area contributed by atoms with Crippen LogP contribution in [0.2, 0.25) is 0 Å². The van der Waals surface area contributed by atoms with E-state index < -0.39 is 0 Å². The molecule has 0 aliphatic rings. The molecule has 0 saturated carbocycles. The molecule has 0 aliphatic heterocycles. The largest absolute Gasteiger partial charge is 0.379 e. The van der Waals surface area contributed by atoms with Crippen molar-refractivity contribution in [2.24, 2.45) is 5.41 Å². The van der Waals surface area contributed by atoms with E-state index >= 15 is 0 Å². The Morgan fingerprint density at radius 3 is 2.08 bits per heavy atom. The zero-order valence-electron chi connectivity index (χ0n) is 9.31. The monoisotopic (exact) mass is 172 g/mol. The molecule has 0 aromatic heterocycles. The van der Waals surface area contributed by atoms with Crippen LogP contribution in [0.15, 0.2) is 0 Å². The summed E-state index contributed by atoms with van der Waals surface area (Å²) in [5.41, 5.74) is 0.449. The van der Waals surface area contributed by atoms with Gasteiger partial charge in [-0.1, -0.05) is 27.7 Å². The van der Waals surface area contributed by atoms with Crippen LogP contribution in [0.1, 0.15) is 53.9 Å². The lowest BCUT2D eigenvalue weighted by molar-refractivity contribution is 0.0461. The van der Waals surface area contributed by atoms with Crippen LogP contribution in [0.4, 0.5) is 0 Å². The summed E-state index contributed by atoms with van der Waals surface area (Å²) >= 11 is 0. The molecule has 0 radical (unpaired) electrons. The Bertz CT molecular complexity index is 102. The summed E-state index contributed by atoms with van der Waals surface area (Å²) in [6.07, 6.45) is 4.08. The average molecular weight is 172 g/mol. The zero-order valence-corrected chi connectivity index (χ0v) is 9.31. The highest BCUT2D eigenvalue weighted by Crippen LogP contribution is 2.23. The van der Waals surface area contributed by atoms with Crippen molar-refractivity contribution in [3.8, 4) is 0 Å². The number of rotatable bonds is 5. The normalized spacial score (nSPS) is 14.8. The van der Waals surface area contributed by atoms with Gasteiger partial charge in [0.2, 0.25) is 0 Å². The van der Waals surface area contributed by atoms with Crippen molar-refractivity contribution in [3.05, 3.63) is 0 Å². The van der Waals surface area contributed by atoms with E-state index in [4.69, 9.17) is 4.74 Å². The van der Waals surface area contributed by atoms with E-state index in [9.17, 15) is 0 Å². The molecule has 0 rings (SSSR count). The Morgan fingerprint density at radius 1 is 1.17 bits per heavy atom. The van der Waals surface area contributed by atoms with Gasteiger partial charge < -0.3 is 4.74 Å².